The maximum Gasteiger partial charge on any atom is 0.219 e. The van der Waals surface area contributed by atoms with Gasteiger partial charge in [0.05, 0.1) is 5.56 Å². The first-order valence-corrected chi connectivity index (χ1v) is 6.82. The van der Waals surface area contributed by atoms with Crippen molar-refractivity contribution in [2.24, 2.45) is 0 Å². The summed E-state index contributed by atoms with van der Waals surface area (Å²) in [5, 5.41) is 0. The molecule has 1 aromatic carbocycles. The molecule has 1 aromatic heterocycles. The Balaban J connectivity index is 2.28. The van der Waals surface area contributed by atoms with Gasteiger partial charge in [0.1, 0.15) is 5.75 Å². The second kappa shape index (κ2) is 5.56. The zero-order chi connectivity index (χ0) is 15.6. The molecule has 2 rings (SSSR count). The van der Waals surface area contributed by atoms with Gasteiger partial charge < -0.3 is 10.5 Å². The smallest absolute Gasteiger partial charge is 0.219 e. The quantitative estimate of drug-likeness (QED) is 0.684. The molecule has 0 saturated carbocycles. The van der Waals surface area contributed by atoms with E-state index in [4.69, 9.17) is 10.5 Å². The molecule has 0 saturated heterocycles. The molecule has 110 valence electrons. The fourth-order valence-corrected chi connectivity index (χ4v) is 1.91. The van der Waals surface area contributed by atoms with Gasteiger partial charge in [0.25, 0.3) is 0 Å². The Bertz CT molecular complexity index is 655. The van der Waals surface area contributed by atoms with E-state index >= 15 is 0 Å². The molecular formula is C17H20N2O2. The van der Waals surface area contributed by atoms with E-state index in [9.17, 15) is 4.79 Å². The summed E-state index contributed by atoms with van der Waals surface area (Å²) in [6.07, 6.45) is 1.79. The summed E-state index contributed by atoms with van der Waals surface area (Å²) >= 11 is 0. The molecule has 4 nitrogen and oxygen atoms in total. The van der Waals surface area contributed by atoms with E-state index in [1.54, 1.807) is 30.5 Å². The number of hydrogen-bond acceptors (Lipinski definition) is 4. The van der Waals surface area contributed by atoms with Gasteiger partial charge >= 0.3 is 0 Å². The molecule has 0 radical (unpaired) electrons. The SMILES string of the molecule is CC(=O)c1cc(N)ccc1Oc1ccc(C(C)(C)C)cn1. The van der Waals surface area contributed by atoms with E-state index in [1.807, 2.05) is 6.07 Å². The van der Waals surface area contributed by atoms with Crippen LogP contribution < -0.4 is 10.5 Å². The average molecular weight is 284 g/mol. The number of ketones is 1. The van der Waals surface area contributed by atoms with Crippen molar-refractivity contribution < 1.29 is 9.53 Å². The van der Waals surface area contributed by atoms with Crippen molar-refractivity contribution in [2.45, 2.75) is 33.1 Å². The van der Waals surface area contributed by atoms with E-state index in [1.165, 1.54) is 6.92 Å². The number of anilines is 1. The number of hydrogen-bond donors (Lipinski definition) is 1. The van der Waals surface area contributed by atoms with Crippen LogP contribution in [0.5, 0.6) is 11.6 Å². The molecule has 2 aromatic rings. The molecular weight excluding hydrogens is 264 g/mol. The van der Waals surface area contributed by atoms with Crippen LogP contribution in [0.4, 0.5) is 5.69 Å². The van der Waals surface area contributed by atoms with Crippen molar-refractivity contribution in [3.8, 4) is 11.6 Å². The van der Waals surface area contributed by atoms with Crippen LogP contribution in [-0.2, 0) is 5.41 Å². The van der Waals surface area contributed by atoms with Crippen molar-refractivity contribution in [2.75, 3.05) is 5.73 Å². The number of nitrogens with two attached hydrogens (primary N) is 1. The monoisotopic (exact) mass is 284 g/mol. The van der Waals surface area contributed by atoms with Crippen molar-refractivity contribution in [1.82, 2.24) is 4.98 Å². The lowest BCUT2D eigenvalue weighted by molar-refractivity contribution is 0.101. The number of nitrogens with zero attached hydrogens (tertiary/aromatic N) is 1. The molecule has 0 fully saturated rings. The van der Waals surface area contributed by atoms with Crippen LogP contribution in [0.1, 0.15) is 43.6 Å². The first kappa shape index (κ1) is 15.0. The van der Waals surface area contributed by atoms with Crippen LogP contribution in [0.2, 0.25) is 0 Å². The van der Waals surface area contributed by atoms with Crippen LogP contribution in [0.3, 0.4) is 0 Å². The molecule has 2 N–H and O–H groups in total. The highest BCUT2D eigenvalue weighted by molar-refractivity contribution is 5.97. The highest BCUT2D eigenvalue weighted by atomic mass is 16.5. The number of nitrogen functional groups attached to an aromatic ring is 1. The van der Waals surface area contributed by atoms with Crippen molar-refractivity contribution in [3.05, 3.63) is 47.7 Å². The molecule has 0 amide bonds. The van der Waals surface area contributed by atoms with Crippen molar-refractivity contribution in [3.63, 3.8) is 0 Å². The lowest BCUT2D eigenvalue weighted by atomic mass is 9.88. The van der Waals surface area contributed by atoms with Gasteiger partial charge in [0.2, 0.25) is 5.88 Å². The highest BCUT2D eigenvalue weighted by Gasteiger charge is 2.15. The van der Waals surface area contributed by atoms with Gasteiger partial charge in [-0.05, 0) is 36.1 Å². The standard InChI is InChI=1S/C17H20N2O2/c1-11(20)14-9-13(18)6-7-15(14)21-16-8-5-12(10-19-16)17(2,3)4/h5-10H,18H2,1-4H3. The fourth-order valence-electron chi connectivity index (χ4n) is 1.91. The minimum absolute atomic E-state index is 0.0390. The van der Waals surface area contributed by atoms with E-state index < -0.39 is 0 Å². The molecule has 0 spiro atoms. The molecule has 0 aliphatic heterocycles. The lowest BCUT2D eigenvalue weighted by Gasteiger charge is -2.18. The second-order valence-electron chi connectivity index (χ2n) is 6.05. The third-order valence-corrected chi connectivity index (χ3v) is 3.20. The summed E-state index contributed by atoms with van der Waals surface area (Å²) in [5.74, 6) is 0.826. The first-order valence-electron chi connectivity index (χ1n) is 6.82. The lowest BCUT2D eigenvalue weighted by Crippen LogP contribution is -2.11. The Labute approximate surface area is 125 Å². The zero-order valence-corrected chi connectivity index (χ0v) is 12.8. The minimum atomic E-state index is -0.0939. The zero-order valence-electron chi connectivity index (χ0n) is 12.8. The van der Waals surface area contributed by atoms with E-state index in [0.29, 0.717) is 22.9 Å². The van der Waals surface area contributed by atoms with Gasteiger partial charge in [-0.2, -0.15) is 0 Å². The average Bonchev–Trinajstić information content (AvgIpc) is 2.40. The third kappa shape index (κ3) is 3.60. The molecule has 0 bridgehead atoms. The first-order chi connectivity index (χ1) is 9.77. The topological polar surface area (TPSA) is 65.2 Å². The van der Waals surface area contributed by atoms with Gasteiger partial charge in [0.15, 0.2) is 5.78 Å². The number of pyridine rings is 1. The van der Waals surface area contributed by atoms with Gasteiger partial charge in [0, 0.05) is 18.0 Å². The molecule has 0 unspecified atom stereocenters. The summed E-state index contributed by atoms with van der Waals surface area (Å²) in [7, 11) is 0. The van der Waals surface area contributed by atoms with E-state index in [-0.39, 0.29) is 11.2 Å². The molecule has 21 heavy (non-hydrogen) atoms. The Morgan fingerprint density at radius 3 is 2.43 bits per heavy atom. The van der Waals surface area contributed by atoms with E-state index in [2.05, 4.69) is 25.8 Å². The number of carbonyl (C=O) groups excluding carboxylic acids is 1. The predicted octanol–water partition coefficient (Wildman–Crippen LogP) is 3.96. The molecule has 1 heterocycles. The Kier molecular flexibility index (Phi) is 3.98. The molecule has 0 atom stereocenters. The van der Waals surface area contributed by atoms with Crippen molar-refractivity contribution >= 4 is 11.5 Å². The number of carbonyl (C=O) groups is 1. The second-order valence-corrected chi connectivity index (χ2v) is 6.05. The fraction of sp³-hybridized carbons (Fsp3) is 0.294. The summed E-state index contributed by atoms with van der Waals surface area (Å²) in [4.78, 5) is 15.9. The Morgan fingerprint density at radius 2 is 1.90 bits per heavy atom. The number of aromatic nitrogens is 1. The molecule has 0 aliphatic rings. The maximum absolute atomic E-state index is 11.6. The Morgan fingerprint density at radius 1 is 1.19 bits per heavy atom. The highest BCUT2D eigenvalue weighted by Crippen LogP contribution is 2.28. The predicted molar refractivity (Wildman–Crippen MR) is 83.9 cm³/mol. The molecule has 0 aliphatic carbocycles. The van der Waals surface area contributed by atoms with Crippen molar-refractivity contribution in [1.29, 1.82) is 0 Å². The van der Waals surface area contributed by atoms with Crippen LogP contribution in [0.25, 0.3) is 0 Å². The van der Waals surface area contributed by atoms with Crippen LogP contribution in [0, 0.1) is 0 Å². The largest absolute Gasteiger partial charge is 0.438 e. The molecule has 4 heteroatoms. The van der Waals surface area contributed by atoms with Gasteiger partial charge in [-0.25, -0.2) is 4.98 Å². The minimum Gasteiger partial charge on any atom is -0.438 e. The summed E-state index contributed by atoms with van der Waals surface area (Å²) < 4.78 is 5.71. The number of Topliss-reactive ketones (excluding diaryl/α,β-unsaturated/α-hetero) is 1. The Hall–Kier alpha value is -2.36. The number of benzene rings is 1. The maximum atomic E-state index is 11.6. The van der Waals surface area contributed by atoms with Gasteiger partial charge in [-0.1, -0.05) is 26.8 Å². The number of ether oxygens (including phenoxy) is 1. The number of rotatable bonds is 3. The van der Waals surface area contributed by atoms with Gasteiger partial charge in [-0.3, -0.25) is 4.79 Å². The summed E-state index contributed by atoms with van der Waals surface area (Å²) in [5.41, 5.74) is 7.85. The van der Waals surface area contributed by atoms with Crippen LogP contribution >= 0.6 is 0 Å². The third-order valence-electron chi connectivity index (χ3n) is 3.20. The normalized spacial score (nSPS) is 11.2. The van der Waals surface area contributed by atoms with Crippen LogP contribution in [0.15, 0.2) is 36.5 Å². The summed E-state index contributed by atoms with van der Waals surface area (Å²) in [6, 6.07) is 8.78. The van der Waals surface area contributed by atoms with E-state index in [0.717, 1.165) is 5.56 Å². The van der Waals surface area contributed by atoms with Crippen LogP contribution in [-0.4, -0.2) is 10.8 Å². The van der Waals surface area contributed by atoms with Gasteiger partial charge in [-0.15, -0.1) is 0 Å². The summed E-state index contributed by atoms with van der Waals surface area (Å²) in [6.45, 7) is 7.85.